The molecule has 1 amide bonds. The minimum absolute atomic E-state index is 0.110. The standard InChI is InChI=1S/C17H25NO3S/c1-3-6-17(12-20-2)7-4-8-18(17)16(19)15-10-13-11-21-9-5-14(13)22-15/h10H,3-9,11-12H2,1-2H3. The second kappa shape index (κ2) is 6.69. The maximum atomic E-state index is 13.1. The third kappa shape index (κ3) is 2.82. The van der Waals surface area contributed by atoms with E-state index in [1.807, 2.05) is 6.07 Å². The first-order valence-electron chi connectivity index (χ1n) is 8.20. The molecule has 22 heavy (non-hydrogen) atoms. The Hall–Kier alpha value is -0.910. The van der Waals surface area contributed by atoms with Gasteiger partial charge in [-0.05, 0) is 30.9 Å². The summed E-state index contributed by atoms with van der Waals surface area (Å²) in [6.45, 7) is 5.09. The lowest BCUT2D eigenvalue weighted by molar-refractivity contribution is 0.0258. The van der Waals surface area contributed by atoms with E-state index in [1.165, 1.54) is 10.4 Å². The Morgan fingerprint density at radius 2 is 2.41 bits per heavy atom. The third-order valence-electron chi connectivity index (χ3n) is 4.81. The summed E-state index contributed by atoms with van der Waals surface area (Å²) in [6.07, 6.45) is 5.14. The zero-order chi connectivity index (χ0) is 15.6. The van der Waals surface area contributed by atoms with Crippen molar-refractivity contribution < 1.29 is 14.3 Å². The first-order valence-corrected chi connectivity index (χ1v) is 9.02. The summed E-state index contributed by atoms with van der Waals surface area (Å²) in [5.74, 6) is 0.183. The van der Waals surface area contributed by atoms with Crippen molar-refractivity contribution in [3.05, 3.63) is 21.4 Å². The fourth-order valence-corrected chi connectivity index (χ4v) is 4.96. The van der Waals surface area contributed by atoms with Crippen molar-refractivity contribution in [2.24, 2.45) is 0 Å². The molecule has 2 aliphatic heterocycles. The van der Waals surface area contributed by atoms with E-state index in [2.05, 4.69) is 11.8 Å². The van der Waals surface area contributed by atoms with E-state index in [-0.39, 0.29) is 11.4 Å². The Morgan fingerprint density at radius 3 is 3.14 bits per heavy atom. The molecule has 1 unspecified atom stereocenters. The minimum atomic E-state index is -0.110. The van der Waals surface area contributed by atoms with Crippen LogP contribution in [0.3, 0.4) is 0 Å². The summed E-state index contributed by atoms with van der Waals surface area (Å²) in [5, 5.41) is 0. The number of ether oxygens (including phenoxy) is 2. The van der Waals surface area contributed by atoms with Gasteiger partial charge in [0.15, 0.2) is 0 Å². The minimum Gasteiger partial charge on any atom is -0.382 e. The summed E-state index contributed by atoms with van der Waals surface area (Å²) in [4.78, 5) is 17.3. The molecule has 0 bridgehead atoms. The first kappa shape index (κ1) is 16.0. The van der Waals surface area contributed by atoms with Crippen LogP contribution in [0, 0.1) is 0 Å². The second-order valence-corrected chi connectivity index (χ2v) is 7.47. The van der Waals surface area contributed by atoms with Crippen LogP contribution in [0.15, 0.2) is 6.07 Å². The molecule has 5 heteroatoms. The number of hydrogen-bond donors (Lipinski definition) is 0. The molecule has 0 aliphatic carbocycles. The van der Waals surface area contributed by atoms with Crippen molar-refractivity contribution in [3.8, 4) is 0 Å². The van der Waals surface area contributed by atoms with Crippen molar-refractivity contribution in [3.63, 3.8) is 0 Å². The highest BCUT2D eigenvalue weighted by molar-refractivity contribution is 7.14. The van der Waals surface area contributed by atoms with E-state index in [0.717, 1.165) is 50.1 Å². The van der Waals surface area contributed by atoms with E-state index < -0.39 is 0 Å². The van der Waals surface area contributed by atoms with Crippen LogP contribution in [0.25, 0.3) is 0 Å². The monoisotopic (exact) mass is 323 g/mol. The van der Waals surface area contributed by atoms with Gasteiger partial charge in [-0.15, -0.1) is 11.3 Å². The highest BCUT2D eigenvalue weighted by Gasteiger charge is 2.43. The molecule has 3 heterocycles. The van der Waals surface area contributed by atoms with Gasteiger partial charge in [0.25, 0.3) is 5.91 Å². The molecule has 2 aliphatic rings. The Kier molecular flexibility index (Phi) is 4.85. The van der Waals surface area contributed by atoms with Crippen molar-refractivity contribution in [1.82, 2.24) is 4.90 Å². The average Bonchev–Trinajstić information content (AvgIpc) is 3.11. The maximum absolute atomic E-state index is 13.1. The number of fused-ring (bicyclic) bond motifs is 1. The lowest BCUT2D eigenvalue weighted by atomic mass is 9.91. The molecule has 0 radical (unpaired) electrons. The number of carbonyl (C=O) groups excluding carboxylic acids is 1. The van der Waals surface area contributed by atoms with Gasteiger partial charge in [-0.3, -0.25) is 4.79 Å². The van der Waals surface area contributed by atoms with Gasteiger partial charge in [0.05, 0.1) is 30.2 Å². The highest BCUT2D eigenvalue weighted by Crippen LogP contribution is 2.37. The quantitative estimate of drug-likeness (QED) is 0.835. The zero-order valence-electron chi connectivity index (χ0n) is 13.5. The summed E-state index contributed by atoms with van der Waals surface area (Å²) in [6, 6.07) is 2.04. The maximum Gasteiger partial charge on any atom is 0.264 e. The molecule has 1 saturated heterocycles. The van der Waals surface area contributed by atoms with Crippen molar-refractivity contribution in [2.45, 2.75) is 51.2 Å². The number of methoxy groups -OCH3 is 1. The SMILES string of the molecule is CCCC1(COC)CCCN1C(=O)c1cc2c(s1)CCOC2. The van der Waals surface area contributed by atoms with E-state index in [0.29, 0.717) is 13.2 Å². The van der Waals surface area contributed by atoms with Gasteiger partial charge in [0.2, 0.25) is 0 Å². The van der Waals surface area contributed by atoms with Crippen LogP contribution in [-0.2, 0) is 22.5 Å². The smallest absolute Gasteiger partial charge is 0.264 e. The van der Waals surface area contributed by atoms with Gasteiger partial charge in [0, 0.05) is 25.0 Å². The number of likely N-dealkylation sites (tertiary alicyclic amines) is 1. The molecule has 0 N–H and O–H groups in total. The number of amides is 1. The first-order chi connectivity index (χ1) is 10.7. The van der Waals surface area contributed by atoms with Gasteiger partial charge in [-0.1, -0.05) is 13.3 Å². The van der Waals surface area contributed by atoms with Crippen LogP contribution in [0.2, 0.25) is 0 Å². The molecule has 122 valence electrons. The summed E-state index contributed by atoms with van der Waals surface area (Å²) in [7, 11) is 1.74. The van der Waals surface area contributed by atoms with Gasteiger partial charge in [0.1, 0.15) is 0 Å². The van der Waals surface area contributed by atoms with Crippen molar-refractivity contribution >= 4 is 17.2 Å². The lowest BCUT2D eigenvalue weighted by Crippen LogP contribution is -2.50. The molecule has 0 spiro atoms. The van der Waals surface area contributed by atoms with Crippen LogP contribution in [0.5, 0.6) is 0 Å². The summed E-state index contributed by atoms with van der Waals surface area (Å²) >= 11 is 1.66. The number of hydrogen-bond acceptors (Lipinski definition) is 4. The van der Waals surface area contributed by atoms with Crippen LogP contribution in [-0.4, -0.2) is 43.2 Å². The van der Waals surface area contributed by atoms with Crippen molar-refractivity contribution in [1.29, 1.82) is 0 Å². The van der Waals surface area contributed by atoms with Gasteiger partial charge in [-0.25, -0.2) is 0 Å². The van der Waals surface area contributed by atoms with Crippen LogP contribution in [0.1, 0.15) is 52.7 Å². The Balaban J connectivity index is 1.84. The van der Waals surface area contributed by atoms with Gasteiger partial charge in [-0.2, -0.15) is 0 Å². The van der Waals surface area contributed by atoms with Crippen LogP contribution >= 0.6 is 11.3 Å². The molecule has 1 aromatic heterocycles. The predicted molar refractivity (Wildman–Crippen MR) is 87.5 cm³/mol. The van der Waals surface area contributed by atoms with E-state index in [1.54, 1.807) is 18.4 Å². The van der Waals surface area contributed by atoms with Crippen molar-refractivity contribution in [2.75, 3.05) is 26.9 Å². The number of thiophene rings is 1. The number of carbonyl (C=O) groups is 1. The van der Waals surface area contributed by atoms with Gasteiger partial charge >= 0.3 is 0 Å². The molecule has 1 atom stereocenters. The number of rotatable bonds is 5. The normalized spacial score (nSPS) is 24.5. The Bertz CT molecular complexity index is 511. The van der Waals surface area contributed by atoms with Crippen LogP contribution in [0.4, 0.5) is 0 Å². The highest BCUT2D eigenvalue weighted by atomic mass is 32.1. The molecule has 3 rings (SSSR count). The molecule has 1 fully saturated rings. The van der Waals surface area contributed by atoms with E-state index >= 15 is 0 Å². The topological polar surface area (TPSA) is 38.8 Å². The number of nitrogens with zero attached hydrogens (tertiary/aromatic N) is 1. The molecular weight excluding hydrogens is 298 g/mol. The Morgan fingerprint density at radius 1 is 1.55 bits per heavy atom. The van der Waals surface area contributed by atoms with E-state index in [4.69, 9.17) is 9.47 Å². The average molecular weight is 323 g/mol. The second-order valence-electron chi connectivity index (χ2n) is 6.33. The predicted octanol–water partition coefficient (Wildman–Crippen LogP) is 3.24. The Labute approximate surface area is 136 Å². The summed E-state index contributed by atoms with van der Waals surface area (Å²) < 4.78 is 11.0. The van der Waals surface area contributed by atoms with Crippen LogP contribution < -0.4 is 0 Å². The zero-order valence-corrected chi connectivity index (χ0v) is 14.3. The molecule has 4 nitrogen and oxygen atoms in total. The summed E-state index contributed by atoms with van der Waals surface area (Å²) in [5.41, 5.74) is 1.09. The third-order valence-corrected chi connectivity index (χ3v) is 6.03. The van der Waals surface area contributed by atoms with E-state index in [9.17, 15) is 4.79 Å². The fourth-order valence-electron chi connectivity index (χ4n) is 3.86. The molecular formula is C17H25NO3S. The fraction of sp³-hybridized carbons (Fsp3) is 0.706. The molecule has 0 saturated carbocycles. The molecule has 1 aromatic rings. The lowest BCUT2D eigenvalue weighted by Gasteiger charge is -2.38. The van der Waals surface area contributed by atoms with Gasteiger partial charge < -0.3 is 14.4 Å². The largest absolute Gasteiger partial charge is 0.382 e. The molecule has 0 aromatic carbocycles.